The van der Waals surface area contributed by atoms with Crippen molar-refractivity contribution in [1.82, 2.24) is 0 Å². The van der Waals surface area contributed by atoms with Gasteiger partial charge in [0.25, 0.3) is 0 Å². The maximum atomic E-state index is 13.4. The number of carboxylic acid groups (broad SMARTS) is 1. The molecule has 2 aromatic rings. The fourth-order valence-corrected chi connectivity index (χ4v) is 6.75. The van der Waals surface area contributed by atoms with Crippen LogP contribution in [-0.2, 0) is 10.2 Å². The highest BCUT2D eigenvalue weighted by Crippen LogP contribution is 2.60. The topological polar surface area (TPSA) is 63.6 Å². The standard InChI is InChI=1S/C27H28O4/c1-31-24-8-7-22(27-14-18-10-19(15-27)12-20(11-18)16-27)13-23(24)26(30)21-5-2-17(3-6-21)4-9-25(28)29/h2-9,13,18-20H,10-12,14-16H2,1H3,(H,28,29)/b9-4+. The fraction of sp³-hybridized carbons (Fsp3) is 0.407. The summed E-state index contributed by atoms with van der Waals surface area (Å²) in [6.07, 6.45) is 10.5. The first-order valence-electron chi connectivity index (χ1n) is 11.2. The Balaban J connectivity index is 1.46. The van der Waals surface area contributed by atoms with Gasteiger partial charge in [-0.25, -0.2) is 4.79 Å². The molecule has 4 saturated carbocycles. The van der Waals surface area contributed by atoms with Crippen molar-refractivity contribution in [2.75, 3.05) is 7.11 Å². The van der Waals surface area contributed by atoms with E-state index in [1.807, 2.05) is 6.07 Å². The summed E-state index contributed by atoms with van der Waals surface area (Å²) < 4.78 is 5.55. The summed E-state index contributed by atoms with van der Waals surface area (Å²) in [7, 11) is 1.61. The molecule has 4 aliphatic rings. The molecule has 2 aromatic carbocycles. The van der Waals surface area contributed by atoms with Gasteiger partial charge in [-0.1, -0.05) is 30.3 Å². The predicted molar refractivity (Wildman–Crippen MR) is 119 cm³/mol. The van der Waals surface area contributed by atoms with E-state index in [-0.39, 0.29) is 11.2 Å². The second kappa shape index (κ2) is 7.67. The summed E-state index contributed by atoms with van der Waals surface area (Å²) in [5.41, 5.74) is 3.46. The highest BCUT2D eigenvalue weighted by atomic mass is 16.5. The van der Waals surface area contributed by atoms with Gasteiger partial charge in [-0.05, 0) is 91.0 Å². The zero-order valence-corrected chi connectivity index (χ0v) is 17.8. The number of benzene rings is 2. The third-order valence-corrected chi connectivity index (χ3v) is 7.69. The van der Waals surface area contributed by atoms with Crippen LogP contribution in [0.4, 0.5) is 0 Å². The highest BCUT2D eigenvalue weighted by Gasteiger charge is 2.51. The Kier molecular flexibility index (Phi) is 4.96. The van der Waals surface area contributed by atoms with Gasteiger partial charge < -0.3 is 9.84 Å². The second-order valence-corrected chi connectivity index (χ2v) is 9.74. The highest BCUT2D eigenvalue weighted by molar-refractivity contribution is 6.11. The minimum Gasteiger partial charge on any atom is -0.496 e. The SMILES string of the molecule is COc1ccc(C23CC4CC(CC(C4)C2)C3)cc1C(=O)c1ccc(/C=C/C(=O)O)cc1. The number of methoxy groups -OCH3 is 1. The first-order chi connectivity index (χ1) is 15.0. The molecule has 0 aromatic heterocycles. The molecule has 1 N–H and O–H groups in total. The number of carbonyl (C=O) groups excluding carboxylic acids is 1. The molecule has 4 bridgehead atoms. The van der Waals surface area contributed by atoms with Gasteiger partial charge in [-0.3, -0.25) is 4.79 Å². The number of carbonyl (C=O) groups is 2. The quantitative estimate of drug-likeness (QED) is 0.499. The normalized spacial score (nSPS) is 28.7. The van der Waals surface area contributed by atoms with E-state index in [2.05, 4.69) is 12.1 Å². The Morgan fingerprint density at radius 3 is 2.13 bits per heavy atom. The smallest absolute Gasteiger partial charge is 0.328 e. The summed E-state index contributed by atoms with van der Waals surface area (Å²) in [5, 5.41) is 8.78. The number of hydrogen-bond acceptors (Lipinski definition) is 3. The van der Waals surface area contributed by atoms with Gasteiger partial charge >= 0.3 is 5.97 Å². The monoisotopic (exact) mass is 416 g/mol. The summed E-state index contributed by atoms with van der Waals surface area (Å²) in [6.45, 7) is 0. The van der Waals surface area contributed by atoms with E-state index in [1.54, 1.807) is 31.4 Å². The van der Waals surface area contributed by atoms with Crippen molar-refractivity contribution in [3.63, 3.8) is 0 Å². The number of ketones is 1. The van der Waals surface area contributed by atoms with Crippen LogP contribution in [0.15, 0.2) is 48.5 Å². The Hall–Kier alpha value is -2.88. The number of rotatable bonds is 6. The summed E-state index contributed by atoms with van der Waals surface area (Å²) in [4.78, 5) is 24.1. The van der Waals surface area contributed by atoms with Crippen LogP contribution in [0, 0.1) is 17.8 Å². The van der Waals surface area contributed by atoms with E-state index in [9.17, 15) is 9.59 Å². The van der Waals surface area contributed by atoms with Gasteiger partial charge in [0.1, 0.15) is 5.75 Å². The van der Waals surface area contributed by atoms with Crippen molar-refractivity contribution in [3.8, 4) is 5.75 Å². The van der Waals surface area contributed by atoms with Crippen LogP contribution in [0.2, 0.25) is 0 Å². The van der Waals surface area contributed by atoms with Crippen LogP contribution in [0.1, 0.15) is 65.6 Å². The van der Waals surface area contributed by atoms with E-state index in [4.69, 9.17) is 9.84 Å². The Morgan fingerprint density at radius 1 is 0.968 bits per heavy atom. The molecule has 160 valence electrons. The van der Waals surface area contributed by atoms with Gasteiger partial charge in [0.15, 0.2) is 5.78 Å². The van der Waals surface area contributed by atoms with Crippen LogP contribution in [0.3, 0.4) is 0 Å². The van der Waals surface area contributed by atoms with E-state index >= 15 is 0 Å². The maximum absolute atomic E-state index is 13.4. The van der Waals surface area contributed by atoms with Crippen LogP contribution >= 0.6 is 0 Å². The fourth-order valence-electron chi connectivity index (χ4n) is 6.75. The van der Waals surface area contributed by atoms with Gasteiger partial charge in [0.05, 0.1) is 12.7 Å². The molecule has 0 atom stereocenters. The van der Waals surface area contributed by atoms with Crippen molar-refractivity contribution >= 4 is 17.8 Å². The Labute approximate surface area is 182 Å². The zero-order valence-electron chi connectivity index (χ0n) is 17.8. The van der Waals surface area contributed by atoms with Crippen LogP contribution in [0.5, 0.6) is 5.75 Å². The van der Waals surface area contributed by atoms with Gasteiger partial charge in [0, 0.05) is 11.6 Å². The lowest BCUT2D eigenvalue weighted by Crippen LogP contribution is -2.48. The molecule has 0 unspecified atom stereocenters. The van der Waals surface area contributed by atoms with E-state index in [1.165, 1.54) is 50.2 Å². The maximum Gasteiger partial charge on any atom is 0.328 e. The number of ether oxygens (including phenoxy) is 1. The lowest BCUT2D eigenvalue weighted by molar-refractivity contribution is -0.131. The zero-order chi connectivity index (χ0) is 21.6. The molecular weight excluding hydrogens is 388 g/mol. The van der Waals surface area contributed by atoms with Crippen LogP contribution in [-0.4, -0.2) is 24.0 Å². The van der Waals surface area contributed by atoms with E-state index in [0.717, 1.165) is 29.4 Å². The van der Waals surface area contributed by atoms with Crippen molar-refractivity contribution in [1.29, 1.82) is 0 Å². The third kappa shape index (κ3) is 3.69. The third-order valence-electron chi connectivity index (χ3n) is 7.69. The van der Waals surface area contributed by atoms with Gasteiger partial charge in [0.2, 0.25) is 0 Å². The minimum atomic E-state index is -0.994. The van der Waals surface area contributed by atoms with Crippen LogP contribution < -0.4 is 4.74 Å². The van der Waals surface area contributed by atoms with Crippen molar-refractivity contribution in [2.24, 2.45) is 17.8 Å². The Bertz CT molecular complexity index is 1010. The second-order valence-electron chi connectivity index (χ2n) is 9.74. The first-order valence-corrected chi connectivity index (χ1v) is 11.2. The lowest BCUT2D eigenvalue weighted by atomic mass is 9.48. The van der Waals surface area contributed by atoms with Crippen molar-refractivity contribution in [3.05, 3.63) is 70.8 Å². The molecule has 31 heavy (non-hydrogen) atoms. The van der Waals surface area contributed by atoms with Crippen molar-refractivity contribution in [2.45, 2.75) is 43.9 Å². The van der Waals surface area contributed by atoms with Crippen molar-refractivity contribution < 1.29 is 19.4 Å². The average molecular weight is 417 g/mol. The summed E-state index contributed by atoms with van der Waals surface area (Å²) in [6, 6.07) is 13.3. The van der Waals surface area contributed by atoms with Crippen LogP contribution in [0.25, 0.3) is 6.08 Å². The molecule has 6 rings (SSSR count). The minimum absolute atomic E-state index is 0.0582. The summed E-state index contributed by atoms with van der Waals surface area (Å²) in [5.74, 6) is 2.09. The molecule has 4 heteroatoms. The Morgan fingerprint density at radius 2 is 1.58 bits per heavy atom. The number of carboxylic acids is 1. The molecule has 0 aliphatic heterocycles. The van der Waals surface area contributed by atoms with Gasteiger partial charge in [-0.2, -0.15) is 0 Å². The van der Waals surface area contributed by atoms with E-state index in [0.29, 0.717) is 16.9 Å². The van der Waals surface area contributed by atoms with Gasteiger partial charge in [-0.15, -0.1) is 0 Å². The molecule has 0 spiro atoms. The largest absolute Gasteiger partial charge is 0.496 e. The number of aliphatic carboxylic acids is 1. The lowest BCUT2D eigenvalue weighted by Gasteiger charge is -2.57. The molecule has 4 aliphatic carbocycles. The summed E-state index contributed by atoms with van der Waals surface area (Å²) >= 11 is 0. The molecule has 0 saturated heterocycles. The molecule has 4 nitrogen and oxygen atoms in total. The molecule has 0 amide bonds. The molecule has 0 radical (unpaired) electrons. The number of hydrogen-bond donors (Lipinski definition) is 1. The predicted octanol–water partition coefficient (Wildman–Crippen LogP) is 5.49. The average Bonchev–Trinajstić information content (AvgIpc) is 2.76. The molecular formula is C27H28O4. The molecule has 4 fully saturated rings. The first kappa shape index (κ1) is 20.0. The molecule has 0 heterocycles. The van der Waals surface area contributed by atoms with E-state index < -0.39 is 5.97 Å².